The van der Waals surface area contributed by atoms with Crippen LogP contribution in [-0.4, -0.2) is 8.07 Å². The number of halogens is 2. The summed E-state index contributed by atoms with van der Waals surface area (Å²) in [6.07, 6.45) is 15.3. The maximum atomic E-state index is 5.22. The first-order chi connectivity index (χ1) is 18.7. The number of fused-ring (bicyclic) bond motifs is 1. The second-order valence-electron chi connectivity index (χ2n) is 14.4. The first-order valence-corrected chi connectivity index (χ1v) is 19.7. The summed E-state index contributed by atoms with van der Waals surface area (Å²) < 4.78 is 5.87. The standard InChI is InChI=1S/C26H27.C10H12OSi.2ClH.Zr/c1-17-9-22-3-2-4-24(25(22)10-17)21-5-7-23(8-6-21)26-14-18-11-19(15-26)13-20(12-18)16-26;1-6-9-7-4-11-5-8(7)10(6)12(9,2)3;;;/h2-10,18-20H,11-16H2,1H3;4-5,9H,1-3H3;2*1H;/q;;;;+2/p-2. The third-order valence-corrected chi connectivity index (χ3v) is 17.6. The van der Waals surface area contributed by atoms with Crippen molar-refractivity contribution in [3.05, 3.63) is 94.0 Å². The van der Waals surface area contributed by atoms with E-state index in [2.05, 4.69) is 75.5 Å². The van der Waals surface area contributed by atoms with Gasteiger partial charge in [0.1, 0.15) is 0 Å². The van der Waals surface area contributed by atoms with Gasteiger partial charge >= 0.3 is 179 Å². The predicted octanol–water partition coefficient (Wildman–Crippen LogP) is 3.78. The van der Waals surface area contributed by atoms with Crippen molar-refractivity contribution in [3.8, 4) is 11.1 Å². The van der Waals surface area contributed by atoms with Gasteiger partial charge in [-0.1, -0.05) is 18.7 Å². The summed E-state index contributed by atoms with van der Waals surface area (Å²) in [5.74, 6) is 3.06. The first-order valence-electron chi connectivity index (χ1n) is 15.2. The maximum absolute atomic E-state index is 5.22. The third kappa shape index (κ3) is 4.38. The molecule has 2 aromatic carbocycles. The van der Waals surface area contributed by atoms with Gasteiger partial charge < -0.3 is 29.2 Å². The van der Waals surface area contributed by atoms with E-state index in [-0.39, 0.29) is 24.8 Å². The predicted molar refractivity (Wildman–Crippen MR) is 160 cm³/mol. The summed E-state index contributed by atoms with van der Waals surface area (Å²) in [5.41, 5.74) is 14.8. The van der Waals surface area contributed by atoms with Gasteiger partial charge in [-0.3, -0.25) is 0 Å². The minimum atomic E-state index is -1.04. The Bertz CT molecular complexity index is 1530. The molecule has 4 fully saturated rings. The largest absolute Gasteiger partial charge is 1.00 e. The van der Waals surface area contributed by atoms with Gasteiger partial charge in [-0.25, -0.2) is 0 Å². The van der Waals surface area contributed by atoms with Crippen LogP contribution in [0.5, 0.6) is 0 Å². The van der Waals surface area contributed by atoms with E-state index in [0.29, 0.717) is 9.04 Å². The minimum Gasteiger partial charge on any atom is -1.00 e. The molecule has 2 aliphatic heterocycles. The van der Waals surface area contributed by atoms with Crippen LogP contribution in [-0.2, 0) is 30.1 Å². The van der Waals surface area contributed by atoms with Crippen molar-refractivity contribution in [2.45, 2.75) is 80.0 Å². The van der Waals surface area contributed by atoms with Crippen LogP contribution in [0.2, 0.25) is 13.1 Å². The van der Waals surface area contributed by atoms with Crippen LogP contribution in [0.25, 0.3) is 22.4 Å². The number of hydrogen-bond acceptors (Lipinski definition) is 1. The molecule has 5 heteroatoms. The normalized spacial score (nSPS) is 32.1. The zero-order valence-electron chi connectivity index (χ0n) is 24.6. The average Bonchev–Trinajstić information content (AvgIpc) is 3.60. The Hall–Kier alpha value is -1.12. The molecule has 2 atom stereocenters. The van der Waals surface area contributed by atoms with E-state index in [1.165, 1.54) is 77.5 Å². The molecule has 11 rings (SSSR count). The fraction of sp³-hybridized carbons (Fsp3) is 0.444. The van der Waals surface area contributed by atoms with Crippen molar-refractivity contribution < 1.29 is 54.0 Å². The molecule has 1 aromatic heterocycles. The monoisotopic (exact) mass is 675 g/mol. The van der Waals surface area contributed by atoms with E-state index < -0.39 is 8.07 Å². The minimum absolute atomic E-state index is 0. The van der Waals surface area contributed by atoms with Crippen LogP contribution >= 0.6 is 0 Å². The van der Waals surface area contributed by atoms with Gasteiger partial charge in [-0.05, 0) is 12.1 Å². The van der Waals surface area contributed by atoms with Crippen molar-refractivity contribution in [1.82, 2.24) is 0 Å². The summed E-state index contributed by atoms with van der Waals surface area (Å²) >= 11 is 1.61. The summed E-state index contributed by atoms with van der Waals surface area (Å²) in [6, 6.07) is 16.7. The van der Waals surface area contributed by atoms with E-state index in [9.17, 15) is 0 Å². The van der Waals surface area contributed by atoms with Crippen LogP contribution in [0, 0.1) is 17.8 Å². The van der Waals surface area contributed by atoms with E-state index in [4.69, 9.17) is 4.42 Å². The van der Waals surface area contributed by atoms with E-state index >= 15 is 0 Å². The Morgan fingerprint density at radius 2 is 1.44 bits per heavy atom. The van der Waals surface area contributed by atoms with Gasteiger partial charge in [0, 0.05) is 16.7 Å². The van der Waals surface area contributed by atoms with E-state index in [1.807, 2.05) is 12.5 Å². The summed E-state index contributed by atoms with van der Waals surface area (Å²) in [7, 11) is -1.04. The Morgan fingerprint density at radius 1 is 0.805 bits per heavy atom. The Labute approximate surface area is 274 Å². The molecule has 0 saturated heterocycles. The van der Waals surface area contributed by atoms with Crippen LogP contribution in [0.4, 0.5) is 0 Å². The van der Waals surface area contributed by atoms with Gasteiger partial charge in [0.15, 0.2) is 0 Å². The molecule has 6 bridgehead atoms. The Balaban J connectivity index is 0.000000182. The van der Waals surface area contributed by atoms with Gasteiger partial charge in [0.05, 0.1) is 20.6 Å². The molecular weight excluding hydrogens is 639 g/mol. The summed E-state index contributed by atoms with van der Waals surface area (Å²) in [6.45, 7) is 9.48. The molecule has 2 unspecified atom stereocenters. The Morgan fingerprint density at radius 3 is 2.02 bits per heavy atom. The number of allylic oxidation sites excluding steroid dienone is 2. The first kappa shape index (κ1) is 29.9. The average molecular weight is 678 g/mol. The van der Waals surface area contributed by atoms with Crippen molar-refractivity contribution >= 4 is 19.3 Å². The molecule has 8 aliphatic rings. The van der Waals surface area contributed by atoms with Crippen LogP contribution < -0.4 is 24.8 Å². The zero-order valence-corrected chi connectivity index (χ0v) is 29.5. The molecule has 211 valence electrons. The summed E-state index contributed by atoms with van der Waals surface area (Å²) in [4.78, 5) is 0. The van der Waals surface area contributed by atoms with Gasteiger partial charge in [0.25, 0.3) is 0 Å². The fourth-order valence-electron chi connectivity index (χ4n) is 10.4. The molecule has 3 aromatic rings. The van der Waals surface area contributed by atoms with Crippen LogP contribution in [0.15, 0.2) is 70.6 Å². The topological polar surface area (TPSA) is 13.1 Å². The maximum Gasteiger partial charge on any atom is -1.00 e. The Kier molecular flexibility index (Phi) is 7.67. The second kappa shape index (κ2) is 10.5. The number of benzene rings is 2. The molecule has 0 amide bonds. The second-order valence-corrected chi connectivity index (χ2v) is 20.3. The van der Waals surface area contributed by atoms with E-state index in [1.54, 1.807) is 41.1 Å². The van der Waals surface area contributed by atoms with Crippen molar-refractivity contribution in [2.24, 2.45) is 17.8 Å². The smallest absolute Gasteiger partial charge is 1.00 e. The molecular formula is C36H39Cl2OSiZr. The van der Waals surface area contributed by atoms with Gasteiger partial charge in [-0.15, -0.1) is 0 Å². The number of furan rings is 1. The van der Waals surface area contributed by atoms with Crippen LogP contribution in [0.1, 0.15) is 89.4 Å². The van der Waals surface area contributed by atoms with Crippen LogP contribution in [0.3, 0.4) is 0 Å². The quantitative estimate of drug-likeness (QED) is 0.377. The fourth-order valence-corrected chi connectivity index (χ4v) is 15.6. The van der Waals surface area contributed by atoms with E-state index in [0.717, 1.165) is 23.3 Å². The number of rotatable bonds is 2. The molecule has 41 heavy (non-hydrogen) atoms. The molecule has 0 radical (unpaired) electrons. The zero-order chi connectivity index (χ0) is 26.7. The molecule has 0 spiro atoms. The van der Waals surface area contributed by atoms with Crippen molar-refractivity contribution in [1.29, 1.82) is 0 Å². The third-order valence-electron chi connectivity index (χ3n) is 11.6. The van der Waals surface area contributed by atoms with Gasteiger partial charge in [-0.2, -0.15) is 0 Å². The SMILES string of the molecule is CC1=C2c3cocc3C1[Si]2(C)C.CC1=Cc2c(-c3ccc(C45CC6CC(CC(C6)C4)C5)cc3)cccc2[CH]1[Zr+2].[Cl-].[Cl-]. The van der Waals surface area contributed by atoms with Crippen molar-refractivity contribution in [3.63, 3.8) is 0 Å². The molecule has 6 aliphatic carbocycles. The molecule has 0 N–H and O–H groups in total. The van der Waals surface area contributed by atoms with Crippen molar-refractivity contribution in [2.75, 3.05) is 0 Å². The molecule has 4 saturated carbocycles. The molecule has 1 nitrogen and oxygen atoms in total. The number of hydrogen-bond donors (Lipinski definition) is 0. The summed E-state index contributed by atoms with van der Waals surface area (Å²) in [5, 5.41) is 1.66. The van der Waals surface area contributed by atoms with Gasteiger partial charge in [0.2, 0.25) is 0 Å². The molecule has 3 heterocycles.